The van der Waals surface area contributed by atoms with E-state index in [2.05, 4.69) is 10.6 Å². The van der Waals surface area contributed by atoms with Crippen molar-refractivity contribution in [3.63, 3.8) is 0 Å². The number of aliphatic hydroxyl groups excluding tert-OH is 2. The standard InChI is InChI=1S/C17H25ClN2O4/c1-17(2,11-21)15(23)16(24)20-10-9-19-14(22)8-5-12-3-6-13(18)7-4-12/h3-4,6-7,15,21,23H,5,8-11H2,1-2H3,(H,19,22)(H,20,24)/t15-/m0/s1. The topological polar surface area (TPSA) is 98.7 Å². The summed E-state index contributed by atoms with van der Waals surface area (Å²) < 4.78 is 0. The molecular formula is C17H25ClN2O4. The lowest BCUT2D eigenvalue weighted by Crippen LogP contribution is -2.47. The molecule has 0 saturated carbocycles. The summed E-state index contributed by atoms with van der Waals surface area (Å²) in [6.45, 7) is 3.37. The number of amides is 2. The molecule has 0 aromatic heterocycles. The maximum absolute atomic E-state index is 11.7. The molecule has 1 atom stereocenters. The summed E-state index contributed by atoms with van der Waals surface area (Å²) in [5.41, 5.74) is 0.114. The zero-order chi connectivity index (χ0) is 18.2. The summed E-state index contributed by atoms with van der Waals surface area (Å²) in [7, 11) is 0. The van der Waals surface area contributed by atoms with E-state index < -0.39 is 17.4 Å². The number of hydrogen-bond acceptors (Lipinski definition) is 4. The Hall–Kier alpha value is -1.63. The van der Waals surface area contributed by atoms with Gasteiger partial charge in [-0.05, 0) is 24.1 Å². The zero-order valence-electron chi connectivity index (χ0n) is 14.0. The van der Waals surface area contributed by atoms with Crippen molar-refractivity contribution < 1.29 is 19.8 Å². The van der Waals surface area contributed by atoms with Crippen molar-refractivity contribution in [3.8, 4) is 0 Å². The first-order chi connectivity index (χ1) is 11.3. The van der Waals surface area contributed by atoms with Crippen LogP contribution in [0.2, 0.25) is 5.02 Å². The van der Waals surface area contributed by atoms with Crippen LogP contribution in [0.1, 0.15) is 25.8 Å². The Morgan fingerprint density at radius 1 is 1.17 bits per heavy atom. The molecule has 1 aromatic rings. The highest BCUT2D eigenvalue weighted by atomic mass is 35.5. The van der Waals surface area contributed by atoms with Crippen LogP contribution in [-0.4, -0.2) is 47.8 Å². The largest absolute Gasteiger partial charge is 0.396 e. The van der Waals surface area contributed by atoms with Gasteiger partial charge < -0.3 is 20.8 Å². The minimum atomic E-state index is -1.30. The number of carbonyl (C=O) groups is 2. The molecule has 134 valence electrons. The van der Waals surface area contributed by atoms with Crippen LogP contribution in [0.4, 0.5) is 0 Å². The van der Waals surface area contributed by atoms with Crippen LogP contribution in [0, 0.1) is 5.41 Å². The summed E-state index contributed by atoms with van der Waals surface area (Å²) in [5.74, 6) is -0.681. The second kappa shape index (κ2) is 9.61. The molecular weight excluding hydrogens is 332 g/mol. The Bertz CT molecular complexity index is 546. The highest BCUT2D eigenvalue weighted by Gasteiger charge is 2.32. The molecule has 1 rings (SSSR count). The number of hydrogen-bond donors (Lipinski definition) is 4. The van der Waals surface area contributed by atoms with Crippen molar-refractivity contribution in [1.82, 2.24) is 10.6 Å². The molecule has 6 nitrogen and oxygen atoms in total. The molecule has 24 heavy (non-hydrogen) atoms. The fourth-order valence-corrected chi connectivity index (χ4v) is 2.05. The van der Waals surface area contributed by atoms with Crippen LogP contribution in [0.25, 0.3) is 0 Å². The Labute approximate surface area is 147 Å². The molecule has 7 heteroatoms. The monoisotopic (exact) mass is 356 g/mol. The van der Waals surface area contributed by atoms with Gasteiger partial charge in [0.1, 0.15) is 6.10 Å². The van der Waals surface area contributed by atoms with Gasteiger partial charge in [0.2, 0.25) is 11.8 Å². The van der Waals surface area contributed by atoms with Crippen LogP contribution in [0.5, 0.6) is 0 Å². The lowest BCUT2D eigenvalue weighted by molar-refractivity contribution is -0.137. The summed E-state index contributed by atoms with van der Waals surface area (Å²) in [6.07, 6.45) is -0.350. The highest BCUT2D eigenvalue weighted by Crippen LogP contribution is 2.19. The van der Waals surface area contributed by atoms with Gasteiger partial charge in [0.15, 0.2) is 0 Å². The van der Waals surface area contributed by atoms with Gasteiger partial charge in [-0.15, -0.1) is 0 Å². The molecule has 0 aliphatic carbocycles. The molecule has 0 aliphatic heterocycles. The Morgan fingerprint density at radius 2 is 1.75 bits per heavy atom. The SMILES string of the molecule is CC(C)(CO)[C@@H](O)C(=O)NCCNC(=O)CCc1ccc(Cl)cc1. The predicted octanol–water partition coefficient (Wildman–Crippen LogP) is 0.884. The second-order valence-corrected chi connectivity index (χ2v) is 6.75. The number of rotatable bonds is 9. The lowest BCUT2D eigenvalue weighted by Gasteiger charge is -2.27. The normalized spacial score (nSPS) is 12.5. The summed E-state index contributed by atoms with van der Waals surface area (Å²) in [6, 6.07) is 7.31. The van der Waals surface area contributed by atoms with Crippen LogP contribution < -0.4 is 10.6 Å². The first-order valence-corrected chi connectivity index (χ1v) is 8.22. The van der Waals surface area contributed by atoms with E-state index in [1.807, 2.05) is 12.1 Å². The second-order valence-electron chi connectivity index (χ2n) is 6.32. The van der Waals surface area contributed by atoms with Crippen molar-refractivity contribution >= 4 is 23.4 Å². The predicted molar refractivity (Wildman–Crippen MR) is 92.7 cm³/mol. The first kappa shape index (κ1) is 20.4. The van der Waals surface area contributed by atoms with Crippen molar-refractivity contribution in [2.24, 2.45) is 5.41 Å². The van der Waals surface area contributed by atoms with Crippen LogP contribution in [0.3, 0.4) is 0 Å². The minimum absolute atomic E-state index is 0.115. The summed E-state index contributed by atoms with van der Waals surface area (Å²) in [4.78, 5) is 23.5. The van der Waals surface area contributed by atoms with Gasteiger partial charge in [0.25, 0.3) is 0 Å². The fourth-order valence-electron chi connectivity index (χ4n) is 1.92. The van der Waals surface area contributed by atoms with Gasteiger partial charge in [-0.2, -0.15) is 0 Å². The molecule has 4 N–H and O–H groups in total. The number of carbonyl (C=O) groups excluding carboxylic acids is 2. The third kappa shape index (κ3) is 6.86. The van der Waals surface area contributed by atoms with Crippen molar-refractivity contribution in [2.75, 3.05) is 19.7 Å². The third-order valence-corrected chi connectivity index (χ3v) is 3.95. The van der Waals surface area contributed by atoms with Gasteiger partial charge in [-0.3, -0.25) is 9.59 Å². The first-order valence-electron chi connectivity index (χ1n) is 7.84. The average molecular weight is 357 g/mol. The molecule has 0 heterocycles. The quantitative estimate of drug-likeness (QED) is 0.494. The van der Waals surface area contributed by atoms with E-state index in [-0.39, 0.29) is 25.6 Å². The summed E-state index contributed by atoms with van der Waals surface area (Å²) in [5, 5.41) is 24.8. The number of nitrogens with one attached hydrogen (secondary N) is 2. The maximum Gasteiger partial charge on any atom is 0.249 e. The van der Waals surface area contributed by atoms with E-state index in [4.69, 9.17) is 16.7 Å². The lowest BCUT2D eigenvalue weighted by atomic mass is 9.87. The van der Waals surface area contributed by atoms with E-state index >= 15 is 0 Å². The fraction of sp³-hybridized carbons (Fsp3) is 0.529. The van der Waals surface area contributed by atoms with Gasteiger partial charge in [0, 0.05) is 29.9 Å². The molecule has 0 radical (unpaired) electrons. The molecule has 0 bridgehead atoms. The Balaban J connectivity index is 2.21. The van der Waals surface area contributed by atoms with Crippen molar-refractivity contribution in [2.45, 2.75) is 32.8 Å². The van der Waals surface area contributed by atoms with Crippen LogP contribution in [0.15, 0.2) is 24.3 Å². The number of aryl methyl sites for hydroxylation is 1. The zero-order valence-corrected chi connectivity index (χ0v) is 14.8. The molecule has 0 fully saturated rings. The molecule has 0 unspecified atom stereocenters. The van der Waals surface area contributed by atoms with E-state index in [1.54, 1.807) is 26.0 Å². The van der Waals surface area contributed by atoms with Gasteiger partial charge in [0.05, 0.1) is 6.61 Å². The van der Waals surface area contributed by atoms with Gasteiger partial charge >= 0.3 is 0 Å². The molecule has 1 aromatic carbocycles. The van der Waals surface area contributed by atoms with Crippen molar-refractivity contribution in [3.05, 3.63) is 34.9 Å². The highest BCUT2D eigenvalue weighted by molar-refractivity contribution is 6.30. The number of halogens is 1. The van der Waals surface area contributed by atoms with Gasteiger partial charge in [-0.1, -0.05) is 37.6 Å². The Morgan fingerprint density at radius 3 is 2.33 bits per heavy atom. The maximum atomic E-state index is 11.7. The van der Waals surface area contributed by atoms with Crippen LogP contribution >= 0.6 is 11.6 Å². The molecule has 0 spiro atoms. The van der Waals surface area contributed by atoms with E-state index in [9.17, 15) is 14.7 Å². The van der Waals surface area contributed by atoms with E-state index in [0.717, 1.165) is 5.56 Å². The smallest absolute Gasteiger partial charge is 0.249 e. The Kier molecular flexibility index (Phi) is 8.18. The number of benzene rings is 1. The average Bonchev–Trinajstić information content (AvgIpc) is 2.57. The van der Waals surface area contributed by atoms with Crippen LogP contribution in [-0.2, 0) is 16.0 Å². The van der Waals surface area contributed by atoms with Gasteiger partial charge in [-0.25, -0.2) is 0 Å². The van der Waals surface area contributed by atoms with E-state index in [0.29, 0.717) is 17.9 Å². The molecule has 0 aliphatic rings. The third-order valence-electron chi connectivity index (χ3n) is 3.70. The van der Waals surface area contributed by atoms with E-state index in [1.165, 1.54) is 0 Å². The molecule has 0 saturated heterocycles. The minimum Gasteiger partial charge on any atom is -0.396 e. The molecule has 2 amide bonds. The summed E-state index contributed by atoms with van der Waals surface area (Å²) >= 11 is 5.80. The van der Waals surface area contributed by atoms with Crippen molar-refractivity contribution in [1.29, 1.82) is 0 Å². The number of aliphatic hydroxyl groups is 2.